The van der Waals surface area contributed by atoms with Crippen LogP contribution in [0.3, 0.4) is 0 Å². The first-order valence-corrected chi connectivity index (χ1v) is 7.19. The third-order valence-electron chi connectivity index (χ3n) is 2.87. The molecule has 0 aliphatic heterocycles. The summed E-state index contributed by atoms with van der Waals surface area (Å²) in [5.74, 6) is 0.360. The molecule has 0 fully saturated rings. The Bertz CT molecular complexity index is 689. The van der Waals surface area contributed by atoms with Crippen LogP contribution in [0.2, 0.25) is 5.02 Å². The summed E-state index contributed by atoms with van der Waals surface area (Å²) in [5, 5.41) is 8.23. The minimum absolute atomic E-state index is 0.154. The Labute approximate surface area is 138 Å². The molecule has 0 aliphatic carbocycles. The molecule has 6 nitrogen and oxygen atoms in total. The van der Waals surface area contributed by atoms with Gasteiger partial charge < -0.3 is 20.7 Å². The Balaban J connectivity index is 1.78. The zero-order chi connectivity index (χ0) is 16.7. The van der Waals surface area contributed by atoms with Crippen molar-refractivity contribution in [3.63, 3.8) is 0 Å². The Morgan fingerprint density at radius 3 is 2.43 bits per heavy atom. The van der Waals surface area contributed by atoms with Gasteiger partial charge in [-0.3, -0.25) is 4.79 Å². The second kappa shape index (κ2) is 8.05. The van der Waals surface area contributed by atoms with Crippen LogP contribution in [0.5, 0.6) is 5.75 Å². The number of urea groups is 1. The van der Waals surface area contributed by atoms with Crippen molar-refractivity contribution in [2.75, 3.05) is 24.3 Å². The van der Waals surface area contributed by atoms with Crippen LogP contribution in [0.1, 0.15) is 0 Å². The Hall–Kier alpha value is -2.73. The van der Waals surface area contributed by atoms with Gasteiger partial charge in [0.2, 0.25) is 5.91 Å². The number of amides is 3. The lowest BCUT2D eigenvalue weighted by atomic mass is 10.3. The molecule has 3 amide bonds. The van der Waals surface area contributed by atoms with E-state index in [2.05, 4.69) is 16.0 Å². The second-order valence-electron chi connectivity index (χ2n) is 4.59. The summed E-state index contributed by atoms with van der Waals surface area (Å²) in [7, 11) is 1.57. The van der Waals surface area contributed by atoms with Crippen molar-refractivity contribution < 1.29 is 14.3 Å². The number of rotatable bonds is 5. The van der Waals surface area contributed by atoms with Crippen molar-refractivity contribution in [1.82, 2.24) is 5.32 Å². The first-order chi connectivity index (χ1) is 11.1. The number of ether oxygens (including phenoxy) is 1. The molecule has 0 aliphatic rings. The van der Waals surface area contributed by atoms with Gasteiger partial charge in [-0.2, -0.15) is 0 Å². The van der Waals surface area contributed by atoms with Crippen LogP contribution in [0.4, 0.5) is 16.2 Å². The normalized spacial score (nSPS) is 9.83. The molecule has 0 saturated carbocycles. The molecular weight excluding hydrogens is 318 g/mol. The van der Waals surface area contributed by atoms with Crippen molar-refractivity contribution in [2.24, 2.45) is 0 Å². The maximum atomic E-state index is 11.8. The van der Waals surface area contributed by atoms with E-state index in [1.165, 1.54) is 0 Å². The number of halogens is 1. The van der Waals surface area contributed by atoms with Crippen LogP contribution in [0.15, 0.2) is 48.5 Å². The summed E-state index contributed by atoms with van der Waals surface area (Å²) in [6.45, 7) is -0.154. The highest BCUT2D eigenvalue weighted by molar-refractivity contribution is 6.30. The lowest BCUT2D eigenvalue weighted by molar-refractivity contribution is -0.115. The minimum Gasteiger partial charge on any atom is -0.497 e. The molecule has 120 valence electrons. The summed E-state index contributed by atoms with van der Waals surface area (Å²) < 4.78 is 5.03. The van der Waals surface area contributed by atoms with Crippen molar-refractivity contribution in [3.8, 4) is 5.75 Å². The van der Waals surface area contributed by atoms with Crippen molar-refractivity contribution >= 4 is 34.9 Å². The number of hydrogen-bond acceptors (Lipinski definition) is 3. The second-order valence-corrected chi connectivity index (χ2v) is 5.03. The standard InChI is InChI=1S/C16H16ClN3O3/c1-23-14-7-5-12(6-8-14)19-15(21)10-18-16(22)20-13-4-2-3-11(17)9-13/h2-9H,10H2,1H3,(H,19,21)(H2,18,20,22). The molecule has 7 heteroatoms. The van der Waals surface area contributed by atoms with Crippen LogP contribution >= 0.6 is 11.6 Å². The molecule has 3 N–H and O–H groups in total. The summed E-state index contributed by atoms with van der Waals surface area (Å²) in [4.78, 5) is 23.5. The maximum Gasteiger partial charge on any atom is 0.319 e. The Morgan fingerprint density at radius 2 is 1.78 bits per heavy atom. The van der Waals surface area contributed by atoms with Crippen LogP contribution < -0.4 is 20.7 Å². The highest BCUT2D eigenvalue weighted by atomic mass is 35.5. The molecule has 0 saturated heterocycles. The van der Waals surface area contributed by atoms with Crippen LogP contribution in [-0.4, -0.2) is 25.6 Å². The molecule has 2 aromatic rings. The molecule has 2 rings (SSSR count). The van der Waals surface area contributed by atoms with Gasteiger partial charge in [0, 0.05) is 16.4 Å². The Kier molecular flexibility index (Phi) is 5.82. The predicted octanol–water partition coefficient (Wildman–Crippen LogP) is 3.11. The average molecular weight is 334 g/mol. The van der Waals surface area contributed by atoms with E-state index >= 15 is 0 Å². The van der Waals surface area contributed by atoms with E-state index in [4.69, 9.17) is 16.3 Å². The third-order valence-corrected chi connectivity index (χ3v) is 3.10. The quantitative estimate of drug-likeness (QED) is 0.786. The van der Waals surface area contributed by atoms with Crippen LogP contribution in [-0.2, 0) is 4.79 Å². The molecule has 0 unspecified atom stereocenters. The van der Waals surface area contributed by atoms with Gasteiger partial charge in [0.15, 0.2) is 0 Å². The summed E-state index contributed by atoms with van der Waals surface area (Å²) in [6.07, 6.45) is 0. The number of anilines is 2. The number of hydrogen-bond donors (Lipinski definition) is 3. The minimum atomic E-state index is -0.489. The van der Waals surface area contributed by atoms with Gasteiger partial charge >= 0.3 is 6.03 Å². The van der Waals surface area contributed by atoms with Gasteiger partial charge in [-0.15, -0.1) is 0 Å². The molecule has 23 heavy (non-hydrogen) atoms. The SMILES string of the molecule is COc1ccc(NC(=O)CNC(=O)Nc2cccc(Cl)c2)cc1. The molecule has 0 radical (unpaired) electrons. The fourth-order valence-electron chi connectivity index (χ4n) is 1.78. The smallest absolute Gasteiger partial charge is 0.319 e. The maximum absolute atomic E-state index is 11.8. The number of methoxy groups -OCH3 is 1. The topological polar surface area (TPSA) is 79.5 Å². The number of carbonyl (C=O) groups is 2. The monoisotopic (exact) mass is 333 g/mol. The fourth-order valence-corrected chi connectivity index (χ4v) is 1.97. The lowest BCUT2D eigenvalue weighted by Gasteiger charge is -2.09. The van der Waals surface area contributed by atoms with Gasteiger partial charge in [-0.1, -0.05) is 17.7 Å². The van der Waals surface area contributed by atoms with Crippen LogP contribution in [0, 0.1) is 0 Å². The van der Waals surface area contributed by atoms with Crippen molar-refractivity contribution in [2.45, 2.75) is 0 Å². The van der Waals surface area contributed by atoms with Gasteiger partial charge in [0.1, 0.15) is 5.75 Å². The number of carbonyl (C=O) groups excluding carboxylic acids is 2. The molecule has 0 bridgehead atoms. The highest BCUT2D eigenvalue weighted by Gasteiger charge is 2.06. The van der Waals surface area contributed by atoms with E-state index < -0.39 is 6.03 Å². The molecule has 0 spiro atoms. The van der Waals surface area contributed by atoms with Gasteiger partial charge in [0.05, 0.1) is 13.7 Å². The van der Waals surface area contributed by atoms with E-state index in [1.54, 1.807) is 55.6 Å². The van der Waals surface area contributed by atoms with E-state index in [-0.39, 0.29) is 12.5 Å². The van der Waals surface area contributed by atoms with E-state index in [0.717, 1.165) is 0 Å². The van der Waals surface area contributed by atoms with E-state index in [1.807, 2.05) is 0 Å². The largest absolute Gasteiger partial charge is 0.497 e. The van der Waals surface area contributed by atoms with E-state index in [0.29, 0.717) is 22.1 Å². The third kappa shape index (κ3) is 5.52. The predicted molar refractivity (Wildman–Crippen MR) is 90.1 cm³/mol. The molecule has 0 atom stereocenters. The van der Waals surface area contributed by atoms with E-state index in [9.17, 15) is 9.59 Å². The summed E-state index contributed by atoms with van der Waals surface area (Å²) in [6, 6.07) is 13.1. The molecular formula is C16H16ClN3O3. The van der Waals surface area contributed by atoms with Gasteiger partial charge in [0.25, 0.3) is 0 Å². The summed E-state index contributed by atoms with van der Waals surface area (Å²) in [5.41, 5.74) is 1.17. The Morgan fingerprint density at radius 1 is 1.04 bits per heavy atom. The zero-order valence-corrected chi connectivity index (χ0v) is 13.2. The first kappa shape index (κ1) is 16.6. The molecule has 0 aromatic heterocycles. The van der Waals surface area contributed by atoms with Gasteiger partial charge in [-0.25, -0.2) is 4.79 Å². The van der Waals surface area contributed by atoms with Crippen molar-refractivity contribution in [1.29, 1.82) is 0 Å². The van der Waals surface area contributed by atoms with Gasteiger partial charge in [-0.05, 0) is 42.5 Å². The highest BCUT2D eigenvalue weighted by Crippen LogP contribution is 2.15. The number of benzene rings is 2. The zero-order valence-electron chi connectivity index (χ0n) is 12.4. The van der Waals surface area contributed by atoms with Crippen LogP contribution in [0.25, 0.3) is 0 Å². The fraction of sp³-hybridized carbons (Fsp3) is 0.125. The first-order valence-electron chi connectivity index (χ1n) is 6.81. The number of nitrogens with one attached hydrogen (secondary N) is 3. The summed E-state index contributed by atoms with van der Waals surface area (Å²) >= 11 is 5.82. The van der Waals surface area contributed by atoms with Crippen molar-refractivity contribution in [3.05, 3.63) is 53.6 Å². The lowest BCUT2D eigenvalue weighted by Crippen LogP contribution is -2.35. The molecule has 2 aromatic carbocycles. The average Bonchev–Trinajstić information content (AvgIpc) is 2.54. The molecule has 0 heterocycles.